The van der Waals surface area contributed by atoms with Gasteiger partial charge in [-0.05, 0) is 31.4 Å². The summed E-state index contributed by atoms with van der Waals surface area (Å²) in [4.78, 5) is 2.50. The number of allylic oxidation sites excluding steroid dienone is 3. The van der Waals surface area contributed by atoms with Crippen molar-refractivity contribution < 1.29 is 4.74 Å². The highest BCUT2D eigenvalue weighted by Crippen LogP contribution is 2.25. The second-order valence-electron chi connectivity index (χ2n) is 4.84. The Bertz CT molecular complexity index is 375. The first-order valence-corrected chi connectivity index (χ1v) is 6.63. The van der Waals surface area contributed by atoms with E-state index in [1.165, 1.54) is 0 Å². The molecule has 98 valence electrons. The molecule has 18 heavy (non-hydrogen) atoms. The quantitative estimate of drug-likeness (QED) is 0.813. The SMILES string of the molecule is COC1=CC(CCN2CCNCC2)CC=C1C#N. The first-order valence-electron chi connectivity index (χ1n) is 6.63. The van der Waals surface area contributed by atoms with E-state index in [2.05, 4.69) is 22.4 Å². The lowest BCUT2D eigenvalue weighted by Gasteiger charge is -2.28. The maximum atomic E-state index is 8.96. The van der Waals surface area contributed by atoms with Crippen LogP contribution in [0.5, 0.6) is 0 Å². The first-order chi connectivity index (χ1) is 8.83. The van der Waals surface area contributed by atoms with Crippen LogP contribution in [0, 0.1) is 17.2 Å². The lowest BCUT2D eigenvalue weighted by atomic mass is 9.93. The van der Waals surface area contributed by atoms with E-state index in [4.69, 9.17) is 10.00 Å². The van der Waals surface area contributed by atoms with E-state index < -0.39 is 0 Å². The minimum atomic E-state index is 0.506. The number of nitriles is 1. The molecule has 0 aromatic heterocycles. The van der Waals surface area contributed by atoms with Gasteiger partial charge in [0, 0.05) is 26.2 Å². The van der Waals surface area contributed by atoms with E-state index >= 15 is 0 Å². The van der Waals surface area contributed by atoms with Gasteiger partial charge in [-0.15, -0.1) is 0 Å². The van der Waals surface area contributed by atoms with Crippen molar-refractivity contribution >= 4 is 0 Å². The summed E-state index contributed by atoms with van der Waals surface area (Å²) in [5.74, 6) is 1.25. The van der Waals surface area contributed by atoms with Crippen LogP contribution in [-0.2, 0) is 4.74 Å². The number of methoxy groups -OCH3 is 1. The van der Waals surface area contributed by atoms with Crippen LogP contribution in [0.1, 0.15) is 12.8 Å². The highest BCUT2D eigenvalue weighted by atomic mass is 16.5. The van der Waals surface area contributed by atoms with Gasteiger partial charge in [0.2, 0.25) is 0 Å². The van der Waals surface area contributed by atoms with E-state index in [-0.39, 0.29) is 0 Å². The molecular weight excluding hydrogens is 226 g/mol. The third-order valence-electron chi connectivity index (χ3n) is 3.64. The summed E-state index contributed by atoms with van der Waals surface area (Å²) in [5, 5.41) is 12.3. The molecule has 1 atom stereocenters. The molecule has 2 aliphatic rings. The van der Waals surface area contributed by atoms with Gasteiger partial charge in [0.15, 0.2) is 0 Å². The highest BCUT2D eigenvalue weighted by molar-refractivity contribution is 5.40. The highest BCUT2D eigenvalue weighted by Gasteiger charge is 2.17. The lowest BCUT2D eigenvalue weighted by Crippen LogP contribution is -2.44. The van der Waals surface area contributed by atoms with Gasteiger partial charge in [0.1, 0.15) is 11.8 Å². The molecule has 1 aliphatic carbocycles. The van der Waals surface area contributed by atoms with Gasteiger partial charge in [0.25, 0.3) is 0 Å². The molecule has 4 nitrogen and oxygen atoms in total. The second-order valence-corrected chi connectivity index (χ2v) is 4.84. The normalized spacial score (nSPS) is 25.0. The van der Waals surface area contributed by atoms with Crippen LogP contribution in [0.25, 0.3) is 0 Å². The zero-order chi connectivity index (χ0) is 12.8. The lowest BCUT2D eigenvalue weighted by molar-refractivity contribution is 0.227. The Morgan fingerprint density at radius 2 is 2.28 bits per heavy atom. The molecule has 1 heterocycles. The predicted molar refractivity (Wildman–Crippen MR) is 70.8 cm³/mol. The van der Waals surface area contributed by atoms with Crippen molar-refractivity contribution in [3.05, 3.63) is 23.5 Å². The summed E-state index contributed by atoms with van der Waals surface area (Å²) in [5.41, 5.74) is 0.677. The molecule has 1 N–H and O–H groups in total. The number of rotatable bonds is 4. The van der Waals surface area contributed by atoms with Crippen LogP contribution in [0.3, 0.4) is 0 Å². The van der Waals surface area contributed by atoms with Gasteiger partial charge in [-0.1, -0.05) is 6.08 Å². The largest absolute Gasteiger partial charge is 0.496 e. The minimum Gasteiger partial charge on any atom is -0.496 e. The summed E-state index contributed by atoms with van der Waals surface area (Å²) in [6.45, 7) is 5.62. The second kappa shape index (κ2) is 6.58. The number of hydrogen-bond acceptors (Lipinski definition) is 4. The van der Waals surface area contributed by atoms with E-state index in [0.29, 0.717) is 11.5 Å². The Kier molecular flexibility index (Phi) is 4.80. The van der Waals surface area contributed by atoms with Gasteiger partial charge < -0.3 is 15.0 Å². The van der Waals surface area contributed by atoms with E-state index in [9.17, 15) is 0 Å². The van der Waals surface area contributed by atoms with Crippen molar-refractivity contribution in [3.63, 3.8) is 0 Å². The summed E-state index contributed by atoms with van der Waals surface area (Å²) >= 11 is 0. The molecule has 2 rings (SSSR count). The van der Waals surface area contributed by atoms with Crippen LogP contribution in [0.15, 0.2) is 23.5 Å². The predicted octanol–water partition coefficient (Wildman–Crippen LogP) is 1.28. The number of nitrogens with zero attached hydrogens (tertiary/aromatic N) is 2. The van der Waals surface area contributed by atoms with Crippen molar-refractivity contribution in [1.82, 2.24) is 10.2 Å². The fourth-order valence-corrected chi connectivity index (χ4v) is 2.50. The average Bonchev–Trinajstić information content (AvgIpc) is 2.45. The van der Waals surface area contributed by atoms with E-state index in [1.807, 2.05) is 6.08 Å². The van der Waals surface area contributed by atoms with Crippen LogP contribution in [0.2, 0.25) is 0 Å². The van der Waals surface area contributed by atoms with Crippen molar-refractivity contribution in [2.24, 2.45) is 5.92 Å². The first kappa shape index (κ1) is 13.1. The van der Waals surface area contributed by atoms with Crippen molar-refractivity contribution in [2.45, 2.75) is 12.8 Å². The van der Waals surface area contributed by atoms with Gasteiger partial charge in [-0.25, -0.2) is 0 Å². The van der Waals surface area contributed by atoms with Crippen LogP contribution in [-0.4, -0.2) is 44.7 Å². The zero-order valence-electron chi connectivity index (χ0n) is 11.0. The number of ether oxygens (including phenoxy) is 1. The van der Waals surface area contributed by atoms with Crippen LogP contribution >= 0.6 is 0 Å². The molecule has 0 bridgehead atoms. The summed E-state index contributed by atoms with van der Waals surface area (Å²) in [6.07, 6.45) is 6.21. The molecule has 1 unspecified atom stereocenters. The van der Waals surface area contributed by atoms with E-state index in [0.717, 1.165) is 51.3 Å². The monoisotopic (exact) mass is 247 g/mol. The van der Waals surface area contributed by atoms with Gasteiger partial charge in [0.05, 0.1) is 12.7 Å². The molecule has 4 heteroatoms. The minimum absolute atomic E-state index is 0.506. The molecular formula is C14H21N3O. The van der Waals surface area contributed by atoms with Crippen molar-refractivity contribution in [1.29, 1.82) is 5.26 Å². The van der Waals surface area contributed by atoms with Crippen molar-refractivity contribution in [2.75, 3.05) is 39.8 Å². The van der Waals surface area contributed by atoms with Crippen LogP contribution < -0.4 is 5.32 Å². The fraction of sp³-hybridized carbons (Fsp3) is 0.643. The smallest absolute Gasteiger partial charge is 0.132 e. The molecule has 0 amide bonds. The Morgan fingerprint density at radius 3 is 2.94 bits per heavy atom. The van der Waals surface area contributed by atoms with E-state index in [1.54, 1.807) is 7.11 Å². The van der Waals surface area contributed by atoms with Gasteiger partial charge >= 0.3 is 0 Å². The topological polar surface area (TPSA) is 48.3 Å². The summed E-state index contributed by atoms with van der Waals surface area (Å²) in [7, 11) is 1.63. The molecule has 1 fully saturated rings. The maximum Gasteiger partial charge on any atom is 0.132 e. The van der Waals surface area contributed by atoms with Crippen LogP contribution in [0.4, 0.5) is 0 Å². The van der Waals surface area contributed by atoms with Gasteiger partial charge in [-0.2, -0.15) is 5.26 Å². The standard InChI is InChI=1S/C14H21N3O/c1-18-14-10-12(2-3-13(14)11-15)4-7-17-8-5-16-6-9-17/h3,10,12,16H,2,4-9H2,1H3. The average molecular weight is 247 g/mol. The van der Waals surface area contributed by atoms with Gasteiger partial charge in [-0.3, -0.25) is 0 Å². The Morgan fingerprint density at radius 1 is 1.50 bits per heavy atom. The molecule has 0 aromatic rings. The molecule has 1 aliphatic heterocycles. The molecule has 0 saturated carbocycles. The number of hydrogen-bond donors (Lipinski definition) is 1. The third kappa shape index (κ3) is 3.34. The molecule has 0 aromatic carbocycles. The molecule has 1 saturated heterocycles. The number of nitrogens with one attached hydrogen (secondary N) is 1. The number of piperazine rings is 1. The summed E-state index contributed by atoms with van der Waals surface area (Å²) in [6, 6.07) is 2.18. The van der Waals surface area contributed by atoms with Crippen molar-refractivity contribution in [3.8, 4) is 6.07 Å². The Hall–Kier alpha value is -1.31. The Labute approximate surface area is 109 Å². The maximum absolute atomic E-state index is 8.96. The molecule has 0 radical (unpaired) electrons. The third-order valence-corrected chi connectivity index (χ3v) is 3.64. The Balaban J connectivity index is 1.82. The zero-order valence-corrected chi connectivity index (χ0v) is 11.0. The summed E-state index contributed by atoms with van der Waals surface area (Å²) < 4.78 is 5.26. The fourth-order valence-electron chi connectivity index (χ4n) is 2.50. The molecule has 0 spiro atoms.